The lowest BCUT2D eigenvalue weighted by Gasteiger charge is -2.27. The Morgan fingerprint density at radius 1 is 1.35 bits per heavy atom. The van der Waals surface area contributed by atoms with Crippen molar-refractivity contribution < 1.29 is 18.7 Å². The van der Waals surface area contributed by atoms with Crippen LogP contribution in [0.4, 0.5) is 14.5 Å². The van der Waals surface area contributed by atoms with E-state index < -0.39 is 40.5 Å². The fourth-order valence-corrected chi connectivity index (χ4v) is 4.92. The largest absolute Gasteiger partial charge is 0.477 e. The number of allylic oxidation sites excluding steroid dienone is 2. The maximum absolute atomic E-state index is 15.2. The van der Waals surface area contributed by atoms with Gasteiger partial charge in [0.1, 0.15) is 17.6 Å². The second-order valence-corrected chi connectivity index (χ2v) is 8.54. The summed E-state index contributed by atoms with van der Waals surface area (Å²) >= 11 is 6.61. The molecule has 2 fully saturated rings. The molecule has 31 heavy (non-hydrogen) atoms. The van der Waals surface area contributed by atoms with E-state index in [0.29, 0.717) is 13.1 Å². The number of hydrogen-bond acceptors (Lipinski definition) is 4. The predicted molar refractivity (Wildman–Crippen MR) is 117 cm³/mol. The summed E-state index contributed by atoms with van der Waals surface area (Å²) in [6.45, 7) is 0.735. The van der Waals surface area contributed by atoms with Gasteiger partial charge in [0.15, 0.2) is 0 Å². The van der Waals surface area contributed by atoms with E-state index in [9.17, 15) is 19.1 Å². The van der Waals surface area contributed by atoms with Gasteiger partial charge in [0.2, 0.25) is 5.43 Å². The number of alkyl halides is 1. The Hall–Kier alpha value is -2.42. The third-order valence-corrected chi connectivity index (χ3v) is 6.56. The third kappa shape index (κ3) is 3.24. The first-order valence-electron chi connectivity index (χ1n) is 9.55. The van der Waals surface area contributed by atoms with E-state index in [0.717, 1.165) is 12.3 Å². The van der Waals surface area contributed by atoms with E-state index in [1.165, 1.54) is 4.57 Å². The Morgan fingerprint density at radius 2 is 2.06 bits per heavy atom. The van der Waals surface area contributed by atoms with Gasteiger partial charge >= 0.3 is 5.97 Å². The van der Waals surface area contributed by atoms with Gasteiger partial charge < -0.3 is 20.3 Å². The van der Waals surface area contributed by atoms with Gasteiger partial charge in [-0.15, -0.1) is 12.4 Å². The molecule has 4 atom stereocenters. The molecule has 2 aliphatic carbocycles. The maximum Gasteiger partial charge on any atom is 0.341 e. The minimum atomic E-state index is -1.46. The van der Waals surface area contributed by atoms with Gasteiger partial charge in [-0.25, -0.2) is 13.6 Å². The molecule has 1 unspecified atom stereocenters. The summed E-state index contributed by atoms with van der Waals surface area (Å²) in [4.78, 5) is 25.9. The third-order valence-electron chi connectivity index (χ3n) is 6.20. The first-order chi connectivity index (χ1) is 14.2. The van der Waals surface area contributed by atoms with Crippen LogP contribution >= 0.6 is 24.0 Å². The SMILES string of the molecule is Cl.NC12C=CC=C[C@@H]1CN(c1c(F)cc3c(=O)c(C(=O)O)cn([C@@H]4C[C@@H]4F)c3c1Cl)C2. The average molecular weight is 470 g/mol. The Labute approximate surface area is 187 Å². The van der Waals surface area contributed by atoms with Crippen LogP contribution in [-0.4, -0.2) is 40.4 Å². The number of benzene rings is 1. The molecule has 0 radical (unpaired) electrons. The van der Waals surface area contributed by atoms with Crippen LogP contribution in [0.2, 0.25) is 5.02 Å². The summed E-state index contributed by atoms with van der Waals surface area (Å²) in [7, 11) is 0. The number of carboxylic acids is 1. The number of rotatable bonds is 3. The number of anilines is 1. The summed E-state index contributed by atoms with van der Waals surface area (Å²) < 4.78 is 30.4. The van der Waals surface area contributed by atoms with Crippen molar-refractivity contribution in [3.05, 3.63) is 63.2 Å². The Bertz CT molecular complexity index is 1230. The Kier molecular flexibility index (Phi) is 5.15. The van der Waals surface area contributed by atoms with E-state index >= 15 is 4.39 Å². The van der Waals surface area contributed by atoms with Crippen molar-refractivity contribution in [1.82, 2.24) is 4.57 Å². The molecular formula is C21H19Cl2F2N3O3. The van der Waals surface area contributed by atoms with Crippen molar-refractivity contribution in [3.63, 3.8) is 0 Å². The number of nitrogens with two attached hydrogens (primary N) is 1. The molecule has 1 aliphatic heterocycles. The van der Waals surface area contributed by atoms with E-state index in [4.69, 9.17) is 17.3 Å². The van der Waals surface area contributed by atoms with Crippen LogP contribution < -0.4 is 16.1 Å². The summed E-state index contributed by atoms with van der Waals surface area (Å²) in [6, 6.07) is 0.351. The number of nitrogens with zero attached hydrogens (tertiary/aromatic N) is 2. The van der Waals surface area contributed by atoms with E-state index in [2.05, 4.69) is 0 Å². The molecular weight excluding hydrogens is 451 g/mol. The highest BCUT2D eigenvalue weighted by molar-refractivity contribution is 6.38. The zero-order valence-electron chi connectivity index (χ0n) is 16.1. The standard InChI is InChI=1S/C21H18ClF2N3O3.ClH/c22-16-17-11(19(28)12(20(29)30)8-27(17)15-6-13(15)23)5-14(24)18(16)26-7-10-3-1-2-4-21(10,25)9-26;/h1-5,8,10,13,15H,6-7,9,25H2,(H,29,30);1H/t10-,13+,15-,21?;/m1./s1. The fraction of sp³-hybridized carbons (Fsp3) is 0.333. The van der Waals surface area contributed by atoms with Crippen molar-refractivity contribution in [3.8, 4) is 0 Å². The van der Waals surface area contributed by atoms with Crippen LogP contribution in [0.15, 0.2) is 41.4 Å². The Morgan fingerprint density at radius 3 is 2.68 bits per heavy atom. The van der Waals surface area contributed by atoms with Crippen LogP contribution in [0.25, 0.3) is 10.9 Å². The smallest absolute Gasteiger partial charge is 0.341 e. The molecule has 2 aromatic rings. The fourth-order valence-electron chi connectivity index (χ4n) is 4.51. The van der Waals surface area contributed by atoms with Gasteiger partial charge in [-0.3, -0.25) is 4.79 Å². The summed E-state index contributed by atoms with van der Waals surface area (Å²) in [5.41, 5.74) is 4.62. The van der Waals surface area contributed by atoms with Gasteiger partial charge in [0.05, 0.1) is 33.2 Å². The number of carboxylic acid groups (broad SMARTS) is 1. The quantitative estimate of drug-likeness (QED) is 0.718. The predicted octanol–water partition coefficient (Wildman–Crippen LogP) is 3.46. The monoisotopic (exact) mass is 469 g/mol. The summed E-state index contributed by atoms with van der Waals surface area (Å²) in [5, 5.41) is 9.13. The van der Waals surface area contributed by atoms with Crippen LogP contribution in [-0.2, 0) is 0 Å². The van der Waals surface area contributed by atoms with Crippen molar-refractivity contribution in [2.45, 2.75) is 24.2 Å². The summed E-state index contributed by atoms with van der Waals surface area (Å²) in [5.74, 6) is -2.25. The first kappa shape index (κ1) is 21.8. The molecule has 3 N–H and O–H groups in total. The van der Waals surface area contributed by atoms with Gasteiger partial charge in [0.25, 0.3) is 0 Å². The van der Waals surface area contributed by atoms with Crippen molar-refractivity contribution >= 4 is 46.6 Å². The lowest BCUT2D eigenvalue weighted by atomic mass is 9.85. The number of pyridine rings is 1. The Balaban J connectivity index is 0.00000231. The zero-order chi connectivity index (χ0) is 21.4. The molecule has 10 heteroatoms. The molecule has 6 nitrogen and oxygen atoms in total. The van der Waals surface area contributed by atoms with E-state index in [1.807, 2.05) is 24.3 Å². The number of carbonyl (C=O) groups is 1. The highest BCUT2D eigenvalue weighted by Crippen LogP contribution is 2.45. The van der Waals surface area contributed by atoms with Crippen molar-refractivity contribution in [2.75, 3.05) is 18.0 Å². The van der Waals surface area contributed by atoms with Crippen LogP contribution in [0, 0.1) is 11.7 Å². The molecule has 5 rings (SSSR count). The van der Waals surface area contributed by atoms with Crippen molar-refractivity contribution in [2.24, 2.45) is 11.7 Å². The molecule has 0 spiro atoms. The number of hydrogen-bond donors (Lipinski definition) is 2. The molecule has 1 saturated carbocycles. The van der Waals surface area contributed by atoms with Gasteiger partial charge in [-0.05, 0) is 6.07 Å². The normalized spacial score (nSPS) is 28.5. The lowest BCUT2D eigenvalue weighted by molar-refractivity contribution is 0.0694. The molecule has 1 aromatic heterocycles. The van der Waals surface area contributed by atoms with Gasteiger partial charge in [0, 0.05) is 31.6 Å². The van der Waals surface area contributed by atoms with Crippen LogP contribution in [0.5, 0.6) is 0 Å². The average Bonchev–Trinajstić information content (AvgIpc) is 3.29. The van der Waals surface area contributed by atoms with Gasteiger partial charge in [-0.2, -0.15) is 0 Å². The van der Waals surface area contributed by atoms with Crippen LogP contribution in [0.1, 0.15) is 22.8 Å². The molecule has 0 amide bonds. The molecule has 1 aromatic carbocycles. The zero-order valence-corrected chi connectivity index (χ0v) is 17.7. The highest BCUT2D eigenvalue weighted by atomic mass is 35.5. The molecule has 3 aliphatic rings. The number of aromatic nitrogens is 1. The lowest BCUT2D eigenvalue weighted by Crippen LogP contribution is -2.46. The number of fused-ring (bicyclic) bond motifs is 2. The highest BCUT2D eigenvalue weighted by Gasteiger charge is 2.44. The topological polar surface area (TPSA) is 88.6 Å². The molecule has 164 valence electrons. The maximum atomic E-state index is 15.2. The molecule has 1 saturated heterocycles. The molecule has 2 heterocycles. The van der Waals surface area contributed by atoms with Crippen molar-refractivity contribution in [1.29, 1.82) is 0 Å². The second kappa shape index (κ2) is 7.32. The van der Waals surface area contributed by atoms with E-state index in [-0.39, 0.29) is 46.4 Å². The molecule has 0 bridgehead atoms. The number of halogens is 4. The minimum Gasteiger partial charge on any atom is -0.477 e. The van der Waals surface area contributed by atoms with Crippen LogP contribution in [0.3, 0.4) is 0 Å². The summed E-state index contributed by atoms with van der Waals surface area (Å²) in [6.07, 6.45) is 7.66. The minimum absolute atomic E-state index is 0. The van der Waals surface area contributed by atoms with E-state index in [1.54, 1.807) is 4.90 Å². The second-order valence-electron chi connectivity index (χ2n) is 8.16. The number of aromatic carboxylic acids is 1. The first-order valence-corrected chi connectivity index (χ1v) is 9.93. The van der Waals surface area contributed by atoms with Gasteiger partial charge in [-0.1, -0.05) is 35.9 Å².